The smallest absolute Gasteiger partial charge is 0.308 e. The molecule has 1 N–H and O–H groups in total. The summed E-state index contributed by atoms with van der Waals surface area (Å²) in [5.41, 5.74) is 4.19. The van der Waals surface area contributed by atoms with E-state index in [1.807, 2.05) is 11.6 Å². The molecular weight excluding hydrogens is 321 g/mol. The Hall–Kier alpha value is -2.21. The predicted octanol–water partition coefficient (Wildman–Crippen LogP) is 2.96. The minimum absolute atomic E-state index is 0.125. The van der Waals surface area contributed by atoms with E-state index >= 15 is 0 Å². The summed E-state index contributed by atoms with van der Waals surface area (Å²) < 4.78 is 15.2. The van der Waals surface area contributed by atoms with Gasteiger partial charge in [-0.05, 0) is 38.5 Å². The van der Waals surface area contributed by atoms with Gasteiger partial charge in [-0.2, -0.15) is 5.10 Å². The standard InChI is InChI=1S/C19H24FN3O2/c1-4-23-13(3)16(12(2)21-23)9-22-10-17(18(11-22)19(24)25)14-5-7-15(20)8-6-14/h5-8,17-18H,4,9-11H2,1-3H3,(H,24,25)/t17-,18+/m1/s1. The van der Waals surface area contributed by atoms with E-state index < -0.39 is 11.9 Å². The molecular formula is C19H24FN3O2. The van der Waals surface area contributed by atoms with Crippen molar-refractivity contribution in [2.45, 2.75) is 39.8 Å². The molecule has 5 nitrogen and oxygen atoms in total. The molecule has 2 atom stereocenters. The van der Waals surface area contributed by atoms with E-state index in [9.17, 15) is 14.3 Å². The monoisotopic (exact) mass is 345 g/mol. The van der Waals surface area contributed by atoms with Crippen molar-refractivity contribution in [2.75, 3.05) is 13.1 Å². The number of nitrogens with zero attached hydrogens (tertiary/aromatic N) is 3. The molecule has 0 spiro atoms. The fourth-order valence-corrected chi connectivity index (χ4v) is 3.81. The van der Waals surface area contributed by atoms with E-state index in [4.69, 9.17) is 0 Å². The minimum Gasteiger partial charge on any atom is -0.481 e. The van der Waals surface area contributed by atoms with Gasteiger partial charge in [0, 0.05) is 43.4 Å². The van der Waals surface area contributed by atoms with Gasteiger partial charge in [0.2, 0.25) is 0 Å². The fourth-order valence-electron chi connectivity index (χ4n) is 3.81. The molecule has 2 heterocycles. The summed E-state index contributed by atoms with van der Waals surface area (Å²) in [6.07, 6.45) is 0. The number of aryl methyl sites for hydroxylation is 2. The predicted molar refractivity (Wildman–Crippen MR) is 92.9 cm³/mol. The van der Waals surface area contributed by atoms with Crippen molar-refractivity contribution in [3.63, 3.8) is 0 Å². The fraction of sp³-hybridized carbons (Fsp3) is 0.474. The van der Waals surface area contributed by atoms with Gasteiger partial charge >= 0.3 is 5.97 Å². The van der Waals surface area contributed by atoms with E-state index in [-0.39, 0.29) is 11.7 Å². The number of carboxylic acids is 1. The van der Waals surface area contributed by atoms with E-state index in [1.54, 1.807) is 12.1 Å². The molecule has 1 saturated heterocycles. The number of rotatable bonds is 5. The van der Waals surface area contributed by atoms with Gasteiger partial charge in [-0.1, -0.05) is 12.1 Å². The summed E-state index contributed by atoms with van der Waals surface area (Å²) in [6.45, 7) is 8.77. The van der Waals surface area contributed by atoms with Crippen molar-refractivity contribution >= 4 is 5.97 Å². The summed E-state index contributed by atoms with van der Waals surface area (Å²) in [4.78, 5) is 13.9. The van der Waals surface area contributed by atoms with Crippen molar-refractivity contribution < 1.29 is 14.3 Å². The summed E-state index contributed by atoms with van der Waals surface area (Å²) in [7, 11) is 0. The first-order valence-electron chi connectivity index (χ1n) is 8.64. The van der Waals surface area contributed by atoms with Crippen LogP contribution in [0.25, 0.3) is 0 Å². The topological polar surface area (TPSA) is 58.4 Å². The Labute approximate surface area is 147 Å². The highest BCUT2D eigenvalue weighted by atomic mass is 19.1. The van der Waals surface area contributed by atoms with Crippen molar-refractivity contribution in [2.24, 2.45) is 5.92 Å². The Morgan fingerprint density at radius 1 is 1.28 bits per heavy atom. The number of aromatic nitrogens is 2. The lowest BCUT2D eigenvalue weighted by Gasteiger charge is -2.16. The molecule has 0 aliphatic carbocycles. The number of likely N-dealkylation sites (tertiary alicyclic amines) is 1. The van der Waals surface area contributed by atoms with Gasteiger partial charge in [0.15, 0.2) is 0 Å². The molecule has 0 radical (unpaired) electrons. The Kier molecular flexibility index (Phi) is 4.90. The van der Waals surface area contributed by atoms with Crippen LogP contribution in [0.15, 0.2) is 24.3 Å². The van der Waals surface area contributed by atoms with Crippen molar-refractivity contribution in [3.8, 4) is 0 Å². The van der Waals surface area contributed by atoms with Crippen LogP contribution in [0.2, 0.25) is 0 Å². The summed E-state index contributed by atoms with van der Waals surface area (Å²) in [5, 5.41) is 14.2. The summed E-state index contributed by atoms with van der Waals surface area (Å²) in [6, 6.07) is 6.20. The number of hydrogen-bond acceptors (Lipinski definition) is 3. The first kappa shape index (κ1) is 17.6. The van der Waals surface area contributed by atoms with Gasteiger partial charge in [-0.25, -0.2) is 4.39 Å². The van der Waals surface area contributed by atoms with Gasteiger partial charge in [0.05, 0.1) is 11.6 Å². The highest BCUT2D eigenvalue weighted by Gasteiger charge is 2.38. The van der Waals surface area contributed by atoms with E-state index in [0.29, 0.717) is 19.6 Å². The zero-order chi connectivity index (χ0) is 18.1. The summed E-state index contributed by atoms with van der Waals surface area (Å²) in [5.74, 6) is -1.70. The average Bonchev–Trinajstić information content (AvgIpc) is 3.12. The Morgan fingerprint density at radius 2 is 1.96 bits per heavy atom. The van der Waals surface area contributed by atoms with Crippen LogP contribution < -0.4 is 0 Å². The molecule has 2 aromatic rings. The molecule has 1 aromatic carbocycles. The van der Waals surface area contributed by atoms with Crippen LogP contribution in [0, 0.1) is 25.6 Å². The third-order valence-corrected chi connectivity index (χ3v) is 5.22. The number of carbonyl (C=O) groups is 1. The van der Waals surface area contributed by atoms with Crippen LogP contribution >= 0.6 is 0 Å². The van der Waals surface area contributed by atoms with Crippen LogP contribution in [0.5, 0.6) is 0 Å². The number of carboxylic acid groups (broad SMARTS) is 1. The lowest BCUT2D eigenvalue weighted by atomic mass is 9.89. The SMILES string of the molecule is CCn1nc(C)c(CN2C[C@H](C(=O)O)[C@@H](c3ccc(F)cc3)C2)c1C. The zero-order valence-corrected chi connectivity index (χ0v) is 14.9. The van der Waals surface area contributed by atoms with Crippen LogP contribution in [0.3, 0.4) is 0 Å². The van der Waals surface area contributed by atoms with Gasteiger partial charge in [0.1, 0.15) is 5.82 Å². The number of benzene rings is 1. The molecule has 0 saturated carbocycles. The van der Waals surface area contributed by atoms with Gasteiger partial charge in [-0.15, -0.1) is 0 Å². The van der Waals surface area contributed by atoms with E-state index in [1.165, 1.54) is 17.7 Å². The zero-order valence-electron chi connectivity index (χ0n) is 14.9. The minimum atomic E-state index is -0.797. The normalized spacial score (nSPS) is 21.0. The maximum Gasteiger partial charge on any atom is 0.308 e. The first-order chi connectivity index (χ1) is 11.9. The van der Waals surface area contributed by atoms with Crippen LogP contribution in [0.4, 0.5) is 4.39 Å². The Morgan fingerprint density at radius 3 is 2.52 bits per heavy atom. The van der Waals surface area contributed by atoms with Gasteiger partial charge in [0.25, 0.3) is 0 Å². The number of aliphatic carboxylic acids is 1. The lowest BCUT2D eigenvalue weighted by Crippen LogP contribution is -2.23. The number of halogens is 1. The van der Waals surface area contributed by atoms with Crippen molar-refractivity contribution in [3.05, 3.63) is 52.6 Å². The van der Waals surface area contributed by atoms with Crippen LogP contribution in [-0.2, 0) is 17.9 Å². The second kappa shape index (κ2) is 6.96. The van der Waals surface area contributed by atoms with E-state index in [2.05, 4.69) is 23.8 Å². The molecule has 1 aliphatic rings. The third-order valence-electron chi connectivity index (χ3n) is 5.22. The molecule has 0 bridgehead atoms. The average molecular weight is 345 g/mol. The Bertz CT molecular complexity index is 770. The number of hydrogen-bond donors (Lipinski definition) is 1. The lowest BCUT2D eigenvalue weighted by molar-refractivity contribution is -0.141. The van der Waals surface area contributed by atoms with Crippen LogP contribution in [0.1, 0.15) is 35.4 Å². The largest absolute Gasteiger partial charge is 0.481 e. The highest BCUT2D eigenvalue weighted by Crippen LogP contribution is 2.34. The van der Waals surface area contributed by atoms with E-state index in [0.717, 1.165) is 23.5 Å². The molecule has 1 aliphatic heterocycles. The molecule has 3 rings (SSSR count). The molecule has 6 heteroatoms. The molecule has 1 aromatic heterocycles. The molecule has 1 fully saturated rings. The molecule has 25 heavy (non-hydrogen) atoms. The quantitative estimate of drug-likeness (QED) is 0.905. The molecule has 0 amide bonds. The third kappa shape index (κ3) is 3.44. The highest BCUT2D eigenvalue weighted by molar-refractivity contribution is 5.72. The molecule has 134 valence electrons. The first-order valence-corrected chi connectivity index (χ1v) is 8.64. The second-order valence-corrected chi connectivity index (χ2v) is 6.76. The second-order valence-electron chi connectivity index (χ2n) is 6.76. The maximum atomic E-state index is 13.2. The Balaban J connectivity index is 1.82. The van der Waals surface area contributed by atoms with Gasteiger partial charge < -0.3 is 5.11 Å². The van der Waals surface area contributed by atoms with Crippen LogP contribution in [-0.4, -0.2) is 38.8 Å². The maximum absolute atomic E-state index is 13.2. The van der Waals surface area contributed by atoms with Gasteiger partial charge in [-0.3, -0.25) is 14.4 Å². The molecule has 0 unspecified atom stereocenters. The summed E-state index contributed by atoms with van der Waals surface area (Å²) >= 11 is 0. The van der Waals surface area contributed by atoms with Crippen molar-refractivity contribution in [1.29, 1.82) is 0 Å². The van der Waals surface area contributed by atoms with Crippen molar-refractivity contribution in [1.82, 2.24) is 14.7 Å².